The highest BCUT2D eigenvalue weighted by Crippen LogP contribution is 2.29. The maximum absolute atomic E-state index is 12.9. The van der Waals surface area contributed by atoms with E-state index in [2.05, 4.69) is 17.4 Å². The second-order valence-electron chi connectivity index (χ2n) is 2.60. The number of esters is 1. The van der Waals surface area contributed by atoms with Crippen LogP contribution in [0.25, 0.3) is 0 Å². The highest BCUT2D eigenvalue weighted by atomic mass is 35.5. The molecule has 2 nitrogen and oxygen atoms in total. The maximum Gasteiger partial charge on any atom is 0.339 e. The topological polar surface area (TPSA) is 26.3 Å². The average molecular weight is 253 g/mol. The molecule has 0 amide bonds. The van der Waals surface area contributed by atoms with Crippen LogP contribution in [-0.2, 0) is 4.74 Å². The van der Waals surface area contributed by atoms with E-state index in [-0.39, 0.29) is 17.2 Å². The van der Waals surface area contributed by atoms with Crippen LogP contribution in [0.15, 0.2) is 11.0 Å². The smallest absolute Gasteiger partial charge is 0.339 e. The SMILES string of the molecule is CCOC(=O)c1cc(F)c(F)c(S)c1Cl. The highest BCUT2D eigenvalue weighted by molar-refractivity contribution is 7.80. The fourth-order valence-corrected chi connectivity index (χ4v) is 1.39. The van der Waals surface area contributed by atoms with Crippen LogP contribution < -0.4 is 0 Å². The van der Waals surface area contributed by atoms with Crippen LogP contribution in [0.2, 0.25) is 5.02 Å². The zero-order chi connectivity index (χ0) is 11.6. The highest BCUT2D eigenvalue weighted by Gasteiger charge is 2.20. The van der Waals surface area contributed by atoms with Gasteiger partial charge in [0.05, 0.1) is 22.1 Å². The Kier molecular flexibility index (Phi) is 3.93. The molecule has 0 aromatic heterocycles. The lowest BCUT2D eigenvalue weighted by molar-refractivity contribution is 0.0525. The Morgan fingerprint density at radius 3 is 2.73 bits per heavy atom. The number of carbonyl (C=O) groups excluding carboxylic acids is 1. The first-order chi connectivity index (χ1) is 6.99. The van der Waals surface area contributed by atoms with Gasteiger partial charge in [-0.05, 0) is 13.0 Å². The number of ether oxygens (including phenoxy) is 1. The second kappa shape index (κ2) is 4.81. The molecule has 15 heavy (non-hydrogen) atoms. The monoisotopic (exact) mass is 252 g/mol. The van der Waals surface area contributed by atoms with E-state index in [0.29, 0.717) is 6.07 Å². The molecular formula is C9H7ClF2O2S. The summed E-state index contributed by atoms with van der Waals surface area (Å²) in [5, 5.41) is -0.254. The van der Waals surface area contributed by atoms with Gasteiger partial charge in [-0.2, -0.15) is 0 Å². The zero-order valence-electron chi connectivity index (χ0n) is 7.68. The predicted molar refractivity (Wildman–Crippen MR) is 54.6 cm³/mol. The molecule has 0 aliphatic carbocycles. The van der Waals surface area contributed by atoms with Crippen LogP contribution in [0.3, 0.4) is 0 Å². The molecule has 1 aromatic carbocycles. The predicted octanol–water partition coefficient (Wildman–Crippen LogP) is 3.08. The number of carbonyl (C=O) groups is 1. The Morgan fingerprint density at radius 1 is 1.60 bits per heavy atom. The van der Waals surface area contributed by atoms with E-state index in [1.165, 1.54) is 0 Å². The van der Waals surface area contributed by atoms with E-state index < -0.39 is 22.5 Å². The Morgan fingerprint density at radius 2 is 2.20 bits per heavy atom. The van der Waals surface area contributed by atoms with Gasteiger partial charge in [0.25, 0.3) is 0 Å². The Hall–Kier alpha value is -0.810. The molecule has 0 saturated heterocycles. The molecule has 0 N–H and O–H groups in total. The first-order valence-corrected chi connectivity index (χ1v) is 4.85. The van der Waals surface area contributed by atoms with E-state index in [1.807, 2.05) is 0 Å². The molecule has 1 aromatic rings. The molecular weight excluding hydrogens is 246 g/mol. The van der Waals surface area contributed by atoms with Crippen molar-refractivity contribution in [2.24, 2.45) is 0 Å². The van der Waals surface area contributed by atoms with Crippen molar-refractivity contribution in [3.63, 3.8) is 0 Å². The molecule has 0 aliphatic rings. The van der Waals surface area contributed by atoms with Crippen molar-refractivity contribution in [3.05, 3.63) is 28.3 Å². The quantitative estimate of drug-likeness (QED) is 0.497. The fourth-order valence-electron chi connectivity index (χ4n) is 0.948. The minimum atomic E-state index is -1.19. The summed E-state index contributed by atoms with van der Waals surface area (Å²) in [6, 6.07) is 0.690. The normalized spacial score (nSPS) is 10.2. The van der Waals surface area contributed by atoms with Gasteiger partial charge < -0.3 is 4.74 Å². The summed E-state index contributed by atoms with van der Waals surface area (Å²) in [6.45, 7) is 1.71. The van der Waals surface area contributed by atoms with E-state index in [0.717, 1.165) is 0 Å². The second-order valence-corrected chi connectivity index (χ2v) is 3.43. The van der Waals surface area contributed by atoms with Gasteiger partial charge in [-0.25, -0.2) is 13.6 Å². The molecule has 0 heterocycles. The first-order valence-electron chi connectivity index (χ1n) is 4.02. The summed E-state index contributed by atoms with van der Waals surface area (Å²) >= 11 is 9.28. The fraction of sp³-hybridized carbons (Fsp3) is 0.222. The van der Waals surface area contributed by atoms with Gasteiger partial charge >= 0.3 is 5.97 Å². The van der Waals surface area contributed by atoms with Crippen molar-refractivity contribution in [2.45, 2.75) is 11.8 Å². The summed E-state index contributed by atoms with van der Waals surface area (Å²) in [7, 11) is 0. The Balaban J connectivity index is 3.26. The van der Waals surface area contributed by atoms with Gasteiger partial charge in [0.2, 0.25) is 0 Å². The van der Waals surface area contributed by atoms with Gasteiger partial charge in [0, 0.05) is 0 Å². The van der Waals surface area contributed by atoms with Crippen LogP contribution in [0.5, 0.6) is 0 Å². The van der Waals surface area contributed by atoms with Crippen LogP contribution in [-0.4, -0.2) is 12.6 Å². The van der Waals surface area contributed by atoms with Gasteiger partial charge in [-0.1, -0.05) is 11.6 Å². The lowest BCUT2D eigenvalue weighted by Gasteiger charge is -2.07. The van der Waals surface area contributed by atoms with Crippen molar-refractivity contribution < 1.29 is 18.3 Å². The first kappa shape index (κ1) is 12.3. The third-order valence-electron chi connectivity index (χ3n) is 1.63. The van der Waals surface area contributed by atoms with Crippen molar-refractivity contribution in [3.8, 4) is 0 Å². The summed E-state index contributed by atoms with van der Waals surface area (Å²) in [5.74, 6) is -3.18. The lowest BCUT2D eigenvalue weighted by atomic mass is 10.2. The van der Waals surface area contributed by atoms with E-state index in [4.69, 9.17) is 11.6 Å². The number of thiol groups is 1. The maximum atomic E-state index is 12.9. The van der Waals surface area contributed by atoms with Crippen molar-refractivity contribution in [1.82, 2.24) is 0 Å². The molecule has 0 bridgehead atoms. The van der Waals surface area contributed by atoms with Gasteiger partial charge in [-0.3, -0.25) is 0 Å². The van der Waals surface area contributed by atoms with Crippen molar-refractivity contribution in [1.29, 1.82) is 0 Å². The summed E-state index contributed by atoms with van der Waals surface area (Å²) in [4.78, 5) is 10.8. The molecule has 1 rings (SSSR count). The number of hydrogen-bond donors (Lipinski definition) is 1. The van der Waals surface area contributed by atoms with Gasteiger partial charge in [0.1, 0.15) is 0 Å². The summed E-state index contributed by atoms with van der Waals surface area (Å²) in [6.07, 6.45) is 0. The van der Waals surface area contributed by atoms with Gasteiger partial charge in [0.15, 0.2) is 11.6 Å². The molecule has 0 unspecified atom stereocenters. The number of halogens is 3. The van der Waals surface area contributed by atoms with Crippen LogP contribution >= 0.6 is 24.2 Å². The average Bonchev–Trinajstić information content (AvgIpc) is 2.20. The molecule has 0 atom stereocenters. The van der Waals surface area contributed by atoms with Crippen molar-refractivity contribution in [2.75, 3.05) is 6.61 Å². The molecule has 6 heteroatoms. The summed E-state index contributed by atoms with van der Waals surface area (Å²) < 4.78 is 30.5. The molecule has 82 valence electrons. The molecule has 0 saturated carbocycles. The van der Waals surface area contributed by atoms with Crippen LogP contribution in [0, 0.1) is 11.6 Å². The van der Waals surface area contributed by atoms with Gasteiger partial charge in [-0.15, -0.1) is 12.6 Å². The van der Waals surface area contributed by atoms with Crippen molar-refractivity contribution >= 4 is 30.2 Å². The van der Waals surface area contributed by atoms with E-state index >= 15 is 0 Å². The third kappa shape index (κ3) is 2.41. The standard InChI is InChI=1S/C9H7ClF2O2S/c1-2-14-9(13)4-3-5(11)7(12)8(15)6(4)10/h3,15H,2H2,1H3. The van der Waals surface area contributed by atoms with Crippen LogP contribution in [0.1, 0.15) is 17.3 Å². The molecule has 0 radical (unpaired) electrons. The minimum absolute atomic E-state index is 0.121. The number of benzene rings is 1. The number of hydrogen-bond acceptors (Lipinski definition) is 3. The van der Waals surface area contributed by atoms with Crippen LogP contribution in [0.4, 0.5) is 8.78 Å². The Bertz CT molecular complexity index is 410. The van der Waals surface area contributed by atoms with E-state index in [9.17, 15) is 13.6 Å². The Labute approximate surface area is 95.6 Å². The lowest BCUT2D eigenvalue weighted by Crippen LogP contribution is -2.07. The van der Waals surface area contributed by atoms with E-state index in [1.54, 1.807) is 6.92 Å². The minimum Gasteiger partial charge on any atom is -0.462 e. The zero-order valence-corrected chi connectivity index (χ0v) is 9.33. The molecule has 0 fully saturated rings. The largest absolute Gasteiger partial charge is 0.462 e. The third-order valence-corrected chi connectivity index (χ3v) is 2.57. The molecule has 0 spiro atoms. The summed E-state index contributed by atoms with van der Waals surface area (Å²) in [5.41, 5.74) is -0.234. The number of rotatable bonds is 2. The molecule has 0 aliphatic heterocycles.